The van der Waals surface area contributed by atoms with Gasteiger partial charge >= 0.3 is 6.61 Å². The molecule has 2 aromatic carbocycles. The summed E-state index contributed by atoms with van der Waals surface area (Å²) in [5, 5.41) is 2.99. The normalized spacial score (nSPS) is 12.6. The highest BCUT2D eigenvalue weighted by atomic mass is 35.5. The van der Waals surface area contributed by atoms with Gasteiger partial charge in [-0.2, -0.15) is 8.78 Å². The molecule has 0 aliphatic carbocycles. The van der Waals surface area contributed by atoms with Crippen LogP contribution in [0.25, 0.3) is 0 Å². The first-order valence-corrected chi connectivity index (χ1v) is 10.7. The minimum atomic E-state index is -3.80. The van der Waals surface area contributed by atoms with E-state index in [0.717, 1.165) is 0 Å². The molecule has 29 heavy (non-hydrogen) atoms. The van der Waals surface area contributed by atoms with Crippen molar-refractivity contribution in [1.82, 2.24) is 10.0 Å². The summed E-state index contributed by atoms with van der Waals surface area (Å²) in [5.41, 5.74) is 0.420. The predicted molar refractivity (Wildman–Crippen MR) is 106 cm³/mol. The third-order valence-corrected chi connectivity index (χ3v) is 5.70. The summed E-state index contributed by atoms with van der Waals surface area (Å²) in [5.74, 6) is -0.450. The van der Waals surface area contributed by atoms with E-state index in [1.165, 1.54) is 24.3 Å². The Balaban J connectivity index is 1.96. The van der Waals surface area contributed by atoms with Crippen LogP contribution < -0.4 is 14.8 Å². The number of hydrogen-bond acceptors (Lipinski definition) is 4. The largest absolute Gasteiger partial charge is 0.434 e. The van der Waals surface area contributed by atoms with Crippen molar-refractivity contribution in [3.8, 4) is 5.75 Å². The maximum atomic E-state index is 12.6. The smallest absolute Gasteiger partial charge is 0.387 e. The molecule has 0 saturated heterocycles. The highest BCUT2D eigenvalue weighted by molar-refractivity contribution is 7.89. The second kappa shape index (κ2) is 10.5. The summed E-state index contributed by atoms with van der Waals surface area (Å²) in [6.07, 6.45) is 0.303. The number of halogens is 3. The van der Waals surface area contributed by atoms with Gasteiger partial charge in [0.2, 0.25) is 15.9 Å². The molecule has 6 nitrogen and oxygen atoms in total. The van der Waals surface area contributed by atoms with Crippen LogP contribution in [-0.2, 0) is 14.8 Å². The molecule has 2 rings (SSSR count). The van der Waals surface area contributed by atoms with E-state index in [0.29, 0.717) is 12.0 Å². The molecule has 0 fully saturated rings. The number of carbonyl (C=O) groups is 1. The van der Waals surface area contributed by atoms with Crippen molar-refractivity contribution < 1.29 is 26.7 Å². The first-order chi connectivity index (χ1) is 13.7. The fourth-order valence-corrected chi connectivity index (χ4v) is 3.99. The molecular formula is C19H21ClF2N2O4S. The Kier molecular flexibility index (Phi) is 8.36. The number of amides is 1. The zero-order valence-electron chi connectivity index (χ0n) is 15.6. The number of hydrogen-bond donors (Lipinski definition) is 2. The molecule has 0 aliphatic rings. The second-order valence-electron chi connectivity index (χ2n) is 6.05. The summed E-state index contributed by atoms with van der Waals surface area (Å²) in [7, 11) is -3.80. The van der Waals surface area contributed by atoms with Gasteiger partial charge in [-0.05, 0) is 30.7 Å². The number of carbonyl (C=O) groups excluding carboxylic acids is 1. The Morgan fingerprint density at radius 1 is 1.17 bits per heavy atom. The van der Waals surface area contributed by atoms with Crippen molar-refractivity contribution in [2.45, 2.75) is 37.3 Å². The van der Waals surface area contributed by atoms with Crippen molar-refractivity contribution in [3.05, 3.63) is 59.1 Å². The topological polar surface area (TPSA) is 84.5 Å². The summed E-state index contributed by atoms with van der Waals surface area (Å²) < 4.78 is 56.5. The van der Waals surface area contributed by atoms with E-state index in [1.807, 2.05) is 0 Å². The fraction of sp³-hybridized carbons (Fsp3) is 0.316. The lowest BCUT2D eigenvalue weighted by atomic mass is 10.0. The lowest BCUT2D eigenvalue weighted by molar-refractivity contribution is -0.121. The van der Waals surface area contributed by atoms with Crippen LogP contribution in [0.2, 0.25) is 5.02 Å². The van der Waals surface area contributed by atoms with Crippen molar-refractivity contribution in [2.24, 2.45) is 0 Å². The molecule has 0 aromatic heterocycles. The van der Waals surface area contributed by atoms with Gasteiger partial charge < -0.3 is 10.1 Å². The van der Waals surface area contributed by atoms with E-state index >= 15 is 0 Å². The Morgan fingerprint density at radius 2 is 1.90 bits per heavy atom. The Morgan fingerprint density at radius 3 is 2.55 bits per heavy atom. The fourth-order valence-electron chi connectivity index (χ4n) is 2.65. The Bertz CT molecular complexity index is 941. The molecule has 0 heterocycles. The lowest BCUT2D eigenvalue weighted by Gasteiger charge is -2.20. The van der Waals surface area contributed by atoms with Gasteiger partial charge in [-0.3, -0.25) is 4.79 Å². The highest BCUT2D eigenvalue weighted by Crippen LogP contribution is 2.28. The monoisotopic (exact) mass is 446 g/mol. The number of benzene rings is 2. The maximum absolute atomic E-state index is 12.6. The van der Waals surface area contributed by atoms with E-state index in [4.69, 9.17) is 11.6 Å². The van der Waals surface area contributed by atoms with Crippen LogP contribution in [0.1, 0.15) is 31.4 Å². The van der Waals surface area contributed by atoms with Gasteiger partial charge in [0.1, 0.15) is 5.75 Å². The quantitative estimate of drug-likeness (QED) is 0.580. The van der Waals surface area contributed by atoms with E-state index in [1.54, 1.807) is 31.2 Å². The van der Waals surface area contributed by atoms with E-state index in [2.05, 4.69) is 14.8 Å². The van der Waals surface area contributed by atoms with Gasteiger partial charge in [-0.15, -0.1) is 0 Å². The number of nitrogens with one attached hydrogen (secondary N) is 2. The average molecular weight is 447 g/mol. The van der Waals surface area contributed by atoms with Gasteiger partial charge in [-0.1, -0.05) is 42.8 Å². The summed E-state index contributed by atoms with van der Waals surface area (Å²) >= 11 is 5.80. The van der Waals surface area contributed by atoms with Crippen LogP contribution in [0.3, 0.4) is 0 Å². The summed E-state index contributed by atoms with van der Waals surface area (Å²) in [6, 6.07) is 11.4. The number of sulfonamides is 1. The van der Waals surface area contributed by atoms with Gasteiger partial charge in [0.15, 0.2) is 0 Å². The zero-order chi connectivity index (χ0) is 21.4. The first kappa shape index (κ1) is 23.1. The molecule has 0 bridgehead atoms. The maximum Gasteiger partial charge on any atom is 0.387 e. The van der Waals surface area contributed by atoms with Crippen LogP contribution in [0.15, 0.2) is 53.4 Å². The highest BCUT2D eigenvalue weighted by Gasteiger charge is 2.19. The van der Waals surface area contributed by atoms with Crippen LogP contribution >= 0.6 is 11.6 Å². The van der Waals surface area contributed by atoms with Gasteiger partial charge in [-0.25, -0.2) is 13.1 Å². The number of rotatable bonds is 10. The molecule has 0 saturated carbocycles. The van der Waals surface area contributed by atoms with Gasteiger partial charge in [0, 0.05) is 23.6 Å². The molecule has 1 atom stereocenters. The number of alkyl halides is 2. The number of ether oxygens (including phenoxy) is 1. The number of para-hydroxylation sites is 1. The summed E-state index contributed by atoms with van der Waals surface area (Å²) in [4.78, 5) is 12.2. The lowest BCUT2D eigenvalue weighted by Crippen LogP contribution is -2.33. The SMILES string of the molecule is CCC(NC(=O)CCNS(=O)(=O)c1cccc(Cl)c1)c1ccccc1OC(F)F. The van der Waals surface area contributed by atoms with Crippen molar-refractivity contribution in [1.29, 1.82) is 0 Å². The molecule has 10 heteroatoms. The standard InChI is InChI=1S/C19H21ClF2N2O4S/c1-2-16(15-8-3-4-9-17(15)28-19(21)22)24-18(25)10-11-23-29(26,27)14-7-5-6-13(20)12-14/h3-9,12,16,19,23H,2,10-11H2,1H3,(H,24,25). The summed E-state index contributed by atoms with van der Waals surface area (Å²) in [6.45, 7) is -1.33. The molecule has 0 spiro atoms. The van der Waals surface area contributed by atoms with E-state index < -0.39 is 28.6 Å². The second-order valence-corrected chi connectivity index (χ2v) is 8.25. The molecule has 2 N–H and O–H groups in total. The third kappa shape index (κ3) is 6.95. The van der Waals surface area contributed by atoms with Gasteiger partial charge in [0.05, 0.1) is 10.9 Å². The molecule has 1 unspecified atom stereocenters. The molecule has 1 amide bonds. The van der Waals surface area contributed by atoms with Crippen LogP contribution in [0, 0.1) is 0 Å². The van der Waals surface area contributed by atoms with Crippen LogP contribution in [-0.4, -0.2) is 27.5 Å². The Hall–Kier alpha value is -2.23. The Labute approximate surface area is 173 Å². The average Bonchev–Trinajstić information content (AvgIpc) is 2.66. The van der Waals surface area contributed by atoms with Crippen molar-refractivity contribution in [2.75, 3.05) is 6.54 Å². The predicted octanol–water partition coefficient (Wildman–Crippen LogP) is 3.88. The van der Waals surface area contributed by atoms with E-state index in [-0.39, 0.29) is 28.6 Å². The minimum Gasteiger partial charge on any atom is -0.434 e. The van der Waals surface area contributed by atoms with Crippen LogP contribution in [0.4, 0.5) is 8.78 Å². The molecule has 158 valence electrons. The van der Waals surface area contributed by atoms with Gasteiger partial charge in [0.25, 0.3) is 0 Å². The molecule has 2 aromatic rings. The van der Waals surface area contributed by atoms with Crippen molar-refractivity contribution >= 4 is 27.5 Å². The minimum absolute atomic E-state index is 0.00471. The zero-order valence-corrected chi connectivity index (χ0v) is 17.1. The van der Waals surface area contributed by atoms with E-state index in [9.17, 15) is 22.0 Å². The molecular weight excluding hydrogens is 426 g/mol. The van der Waals surface area contributed by atoms with Crippen LogP contribution in [0.5, 0.6) is 5.75 Å². The molecule has 0 radical (unpaired) electrons. The van der Waals surface area contributed by atoms with Crippen molar-refractivity contribution in [3.63, 3.8) is 0 Å². The molecule has 0 aliphatic heterocycles. The first-order valence-electron chi connectivity index (χ1n) is 8.81. The third-order valence-electron chi connectivity index (χ3n) is 4.00.